The van der Waals surface area contributed by atoms with Crippen molar-refractivity contribution in [3.63, 3.8) is 0 Å². The number of carbonyl (C=O) groups excluding carboxylic acids is 1. The lowest BCUT2D eigenvalue weighted by Crippen LogP contribution is -2.44. The van der Waals surface area contributed by atoms with Crippen LogP contribution in [-0.4, -0.2) is 40.6 Å². The quantitative estimate of drug-likeness (QED) is 0.875. The van der Waals surface area contributed by atoms with Crippen LogP contribution in [0.2, 0.25) is 0 Å². The predicted octanol–water partition coefficient (Wildman–Crippen LogP) is 1.31. The number of aromatic nitrogens is 1. The summed E-state index contributed by atoms with van der Waals surface area (Å²) in [4.78, 5) is 28.3. The van der Waals surface area contributed by atoms with Crippen molar-refractivity contribution in [1.82, 2.24) is 9.88 Å². The summed E-state index contributed by atoms with van der Waals surface area (Å²) in [7, 11) is 0. The van der Waals surface area contributed by atoms with Gasteiger partial charge in [-0.1, -0.05) is 6.92 Å². The van der Waals surface area contributed by atoms with Crippen LogP contribution in [0.25, 0.3) is 0 Å². The Balaban J connectivity index is 2.10. The summed E-state index contributed by atoms with van der Waals surface area (Å²) in [6, 6.07) is 3.06. The fourth-order valence-electron chi connectivity index (χ4n) is 2.80. The standard InChI is InChI=1S/C15H22N2O3/c1-3-15(10-18)4-6-17(7-5-15)14(20)12-8-11(2)16-13(19)9-12/h8-9,18H,3-7,10H2,1-2H3,(H,16,19). The van der Waals surface area contributed by atoms with Crippen molar-refractivity contribution in [3.05, 3.63) is 33.7 Å². The molecule has 5 nitrogen and oxygen atoms in total. The van der Waals surface area contributed by atoms with E-state index in [2.05, 4.69) is 11.9 Å². The van der Waals surface area contributed by atoms with Crippen molar-refractivity contribution in [3.8, 4) is 0 Å². The average molecular weight is 278 g/mol. The third-order valence-electron chi connectivity index (χ3n) is 4.42. The molecule has 0 bridgehead atoms. The number of nitrogens with zero attached hydrogens (tertiary/aromatic N) is 1. The second-order valence-corrected chi connectivity index (χ2v) is 5.72. The zero-order valence-electron chi connectivity index (χ0n) is 12.1. The Bertz CT molecular complexity index is 536. The molecule has 110 valence electrons. The van der Waals surface area contributed by atoms with Gasteiger partial charge in [-0.15, -0.1) is 0 Å². The van der Waals surface area contributed by atoms with Crippen molar-refractivity contribution in [1.29, 1.82) is 0 Å². The van der Waals surface area contributed by atoms with Gasteiger partial charge in [-0.05, 0) is 37.7 Å². The van der Waals surface area contributed by atoms with E-state index in [1.54, 1.807) is 17.9 Å². The predicted molar refractivity (Wildman–Crippen MR) is 76.7 cm³/mol. The van der Waals surface area contributed by atoms with Crippen molar-refractivity contribution in [2.24, 2.45) is 5.41 Å². The number of H-pyrrole nitrogens is 1. The molecule has 0 radical (unpaired) electrons. The van der Waals surface area contributed by atoms with E-state index in [1.165, 1.54) is 6.07 Å². The molecule has 0 unspecified atom stereocenters. The molecule has 1 aliphatic heterocycles. The van der Waals surface area contributed by atoms with E-state index in [4.69, 9.17) is 0 Å². The van der Waals surface area contributed by atoms with Gasteiger partial charge in [-0.2, -0.15) is 0 Å². The second-order valence-electron chi connectivity index (χ2n) is 5.72. The Morgan fingerprint density at radius 1 is 1.40 bits per heavy atom. The van der Waals surface area contributed by atoms with E-state index in [1.807, 2.05) is 0 Å². The summed E-state index contributed by atoms with van der Waals surface area (Å²) < 4.78 is 0. The molecule has 1 saturated heterocycles. The second kappa shape index (κ2) is 5.79. The fourth-order valence-corrected chi connectivity index (χ4v) is 2.80. The summed E-state index contributed by atoms with van der Waals surface area (Å²) in [5, 5.41) is 9.51. The molecular formula is C15H22N2O3. The number of aliphatic hydroxyl groups is 1. The molecule has 0 atom stereocenters. The molecule has 1 amide bonds. The van der Waals surface area contributed by atoms with Crippen LogP contribution in [-0.2, 0) is 0 Å². The molecule has 0 saturated carbocycles. The van der Waals surface area contributed by atoms with E-state index in [-0.39, 0.29) is 23.5 Å². The van der Waals surface area contributed by atoms with Crippen molar-refractivity contribution in [2.75, 3.05) is 19.7 Å². The van der Waals surface area contributed by atoms with Gasteiger partial charge in [0.1, 0.15) is 0 Å². The smallest absolute Gasteiger partial charge is 0.254 e. The van der Waals surface area contributed by atoms with Crippen LogP contribution >= 0.6 is 0 Å². The molecule has 2 heterocycles. The number of amides is 1. The lowest BCUT2D eigenvalue weighted by Gasteiger charge is -2.40. The van der Waals surface area contributed by atoms with Crippen LogP contribution < -0.4 is 5.56 Å². The molecule has 20 heavy (non-hydrogen) atoms. The number of aliphatic hydroxyl groups excluding tert-OH is 1. The Morgan fingerprint density at radius 3 is 2.55 bits per heavy atom. The maximum Gasteiger partial charge on any atom is 0.254 e. The van der Waals surface area contributed by atoms with Crippen molar-refractivity contribution in [2.45, 2.75) is 33.1 Å². The van der Waals surface area contributed by atoms with E-state index in [0.717, 1.165) is 19.3 Å². The van der Waals surface area contributed by atoms with Gasteiger partial charge in [0.2, 0.25) is 5.56 Å². The largest absolute Gasteiger partial charge is 0.396 e. The van der Waals surface area contributed by atoms with E-state index >= 15 is 0 Å². The minimum absolute atomic E-state index is 0.0408. The van der Waals surface area contributed by atoms with Gasteiger partial charge in [-0.25, -0.2) is 0 Å². The fraction of sp³-hybridized carbons (Fsp3) is 0.600. The molecule has 2 N–H and O–H groups in total. The zero-order chi connectivity index (χ0) is 14.8. The number of nitrogens with one attached hydrogen (secondary N) is 1. The topological polar surface area (TPSA) is 73.4 Å². The van der Waals surface area contributed by atoms with Gasteiger partial charge >= 0.3 is 0 Å². The van der Waals surface area contributed by atoms with Crippen molar-refractivity contribution >= 4 is 5.91 Å². The van der Waals surface area contributed by atoms with Gasteiger partial charge in [0.05, 0.1) is 0 Å². The summed E-state index contributed by atoms with van der Waals surface area (Å²) in [6.07, 6.45) is 2.55. The number of rotatable bonds is 3. The van der Waals surface area contributed by atoms with Crippen LogP contribution in [0, 0.1) is 12.3 Å². The summed E-state index contributed by atoms with van der Waals surface area (Å²) in [6.45, 7) is 5.30. The highest BCUT2D eigenvalue weighted by atomic mass is 16.3. The summed E-state index contributed by atoms with van der Waals surface area (Å²) in [5.74, 6) is -0.0955. The van der Waals surface area contributed by atoms with E-state index < -0.39 is 0 Å². The molecule has 2 rings (SSSR count). The van der Waals surface area contributed by atoms with Crippen LogP contribution in [0.5, 0.6) is 0 Å². The Morgan fingerprint density at radius 2 is 2.05 bits per heavy atom. The molecule has 0 aromatic carbocycles. The Labute approximate surface area is 118 Å². The van der Waals surface area contributed by atoms with E-state index in [0.29, 0.717) is 24.3 Å². The molecule has 1 fully saturated rings. The number of aryl methyl sites for hydroxylation is 1. The molecule has 1 aromatic heterocycles. The lowest BCUT2D eigenvalue weighted by atomic mass is 9.77. The van der Waals surface area contributed by atoms with Gasteiger partial charge in [0.25, 0.3) is 5.91 Å². The number of carbonyl (C=O) groups is 1. The normalized spacial score (nSPS) is 18.1. The van der Waals surface area contributed by atoms with Gasteiger partial charge in [0, 0.05) is 37.0 Å². The SMILES string of the molecule is CCC1(CO)CCN(C(=O)c2cc(C)[nH]c(=O)c2)CC1. The molecule has 5 heteroatoms. The number of hydrogen-bond acceptors (Lipinski definition) is 3. The van der Waals surface area contributed by atoms with Crippen molar-refractivity contribution < 1.29 is 9.90 Å². The minimum Gasteiger partial charge on any atom is -0.396 e. The maximum absolute atomic E-state index is 12.4. The molecular weight excluding hydrogens is 256 g/mol. The molecule has 1 aliphatic rings. The number of piperidine rings is 1. The first-order chi connectivity index (χ1) is 9.49. The van der Waals surface area contributed by atoms with Gasteiger partial charge in [0.15, 0.2) is 0 Å². The van der Waals surface area contributed by atoms with Crippen LogP contribution in [0.1, 0.15) is 42.2 Å². The zero-order valence-corrected chi connectivity index (χ0v) is 12.1. The first-order valence-corrected chi connectivity index (χ1v) is 7.11. The van der Waals surface area contributed by atoms with Crippen LogP contribution in [0.3, 0.4) is 0 Å². The number of pyridine rings is 1. The average Bonchev–Trinajstić information content (AvgIpc) is 2.45. The third-order valence-corrected chi connectivity index (χ3v) is 4.42. The number of likely N-dealkylation sites (tertiary alicyclic amines) is 1. The Hall–Kier alpha value is -1.62. The number of hydrogen-bond donors (Lipinski definition) is 2. The van der Waals surface area contributed by atoms with Crippen LogP contribution in [0.15, 0.2) is 16.9 Å². The number of aromatic amines is 1. The monoisotopic (exact) mass is 278 g/mol. The highest BCUT2D eigenvalue weighted by Crippen LogP contribution is 2.34. The maximum atomic E-state index is 12.4. The molecule has 1 aromatic rings. The minimum atomic E-state index is -0.247. The first-order valence-electron chi connectivity index (χ1n) is 7.11. The Kier molecular flexibility index (Phi) is 4.28. The summed E-state index contributed by atoms with van der Waals surface area (Å²) in [5.41, 5.74) is 0.847. The van der Waals surface area contributed by atoms with Gasteiger partial charge < -0.3 is 15.0 Å². The molecule has 0 aliphatic carbocycles. The first kappa shape index (κ1) is 14.8. The highest BCUT2D eigenvalue weighted by Gasteiger charge is 2.34. The highest BCUT2D eigenvalue weighted by molar-refractivity contribution is 5.94. The van der Waals surface area contributed by atoms with Gasteiger partial charge in [-0.3, -0.25) is 9.59 Å². The molecule has 0 spiro atoms. The van der Waals surface area contributed by atoms with E-state index in [9.17, 15) is 14.7 Å². The third kappa shape index (κ3) is 2.93. The lowest BCUT2D eigenvalue weighted by molar-refractivity contribution is 0.0338. The van der Waals surface area contributed by atoms with Crippen LogP contribution in [0.4, 0.5) is 0 Å². The summed E-state index contributed by atoms with van der Waals surface area (Å²) >= 11 is 0.